The van der Waals surface area contributed by atoms with Crippen LogP contribution in [0, 0.1) is 0 Å². The minimum absolute atomic E-state index is 0.460. The van der Waals surface area contributed by atoms with Crippen LogP contribution >= 0.6 is 0 Å². The summed E-state index contributed by atoms with van der Waals surface area (Å²) < 4.78 is 0. The summed E-state index contributed by atoms with van der Waals surface area (Å²) >= 11 is 0. The molecule has 0 radical (unpaired) electrons. The second-order valence-electron chi connectivity index (χ2n) is 9.91. The molecule has 0 amide bonds. The van der Waals surface area contributed by atoms with E-state index in [4.69, 9.17) is 9.98 Å². The van der Waals surface area contributed by atoms with Gasteiger partial charge in [0.25, 0.3) is 0 Å². The Morgan fingerprint density at radius 3 is 1.97 bits per heavy atom. The molecule has 0 bridgehead atoms. The van der Waals surface area contributed by atoms with Gasteiger partial charge in [0.05, 0.1) is 17.4 Å². The van der Waals surface area contributed by atoms with Crippen LogP contribution in [0.2, 0.25) is 0 Å². The summed E-state index contributed by atoms with van der Waals surface area (Å²) in [5.74, 6) is 1.45. The summed E-state index contributed by atoms with van der Waals surface area (Å²) in [6.07, 6.45) is 9.82. The van der Waals surface area contributed by atoms with Gasteiger partial charge in [-0.3, -0.25) is 4.99 Å². The van der Waals surface area contributed by atoms with E-state index in [9.17, 15) is 0 Å². The van der Waals surface area contributed by atoms with Crippen LogP contribution in [0.4, 0.5) is 0 Å². The molecule has 1 saturated carbocycles. The van der Waals surface area contributed by atoms with Crippen molar-refractivity contribution in [2.75, 3.05) is 0 Å². The van der Waals surface area contributed by atoms with Crippen molar-refractivity contribution in [2.24, 2.45) is 4.99 Å². The molecular weight excluding hydrogens is 364 g/mol. The van der Waals surface area contributed by atoms with Crippen LogP contribution in [0.3, 0.4) is 0 Å². The van der Waals surface area contributed by atoms with Crippen molar-refractivity contribution in [3.8, 4) is 11.3 Å². The van der Waals surface area contributed by atoms with Crippen molar-refractivity contribution in [2.45, 2.75) is 104 Å². The van der Waals surface area contributed by atoms with Crippen LogP contribution in [-0.4, -0.2) is 17.2 Å². The Bertz CT molecular complexity index is 824. The number of nitrogens with zero attached hydrogens (tertiary/aromatic N) is 2. The monoisotopic (exact) mass is 404 g/mol. The predicted molar refractivity (Wildman–Crippen MR) is 131 cm³/mol. The summed E-state index contributed by atoms with van der Waals surface area (Å²) in [5, 5.41) is 0. The quantitative estimate of drug-likeness (QED) is 0.351. The number of rotatable bonds is 6. The molecule has 1 aromatic carbocycles. The Morgan fingerprint density at radius 1 is 0.833 bits per heavy atom. The maximum Gasteiger partial charge on any atom is 0.0815 e. The van der Waals surface area contributed by atoms with Crippen molar-refractivity contribution < 1.29 is 0 Å². The lowest BCUT2D eigenvalue weighted by Gasteiger charge is -2.22. The zero-order valence-electron chi connectivity index (χ0n) is 19.9. The number of pyridine rings is 1. The van der Waals surface area contributed by atoms with Gasteiger partial charge in [0, 0.05) is 11.8 Å². The normalized spacial score (nSPS) is 16.2. The van der Waals surface area contributed by atoms with E-state index in [0.717, 1.165) is 11.4 Å². The van der Waals surface area contributed by atoms with Crippen molar-refractivity contribution in [3.63, 3.8) is 0 Å². The van der Waals surface area contributed by atoms with Crippen LogP contribution in [-0.2, 0) is 0 Å². The zero-order valence-corrected chi connectivity index (χ0v) is 19.9. The van der Waals surface area contributed by atoms with Gasteiger partial charge in [0.15, 0.2) is 0 Å². The van der Waals surface area contributed by atoms with Crippen molar-refractivity contribution in [1.29, 1.82) is 0 Å². The van der Waals surface area contributed by atoms with Gasteiger partial charge >= 0.3 is 0 Å². The minimum Gasteiger partial charge on any atom is -0.288 e. The van der Waals surface area contributed by atoms with Crippen molar-refractivity contribution in [1.82, 2.24) is 4.98 Å². The maximum absolute atomic E-state index is 5.06. The van der Waals surface area contributed by atoms with Gasteiger partial charge in [-0.15, -0.1) is 0 Å². The van der Waals surface area contributed by atoms with E-state index in [0.29, 0.717) is 23.8 Å². The SMILES string of the molecule is CC(C)c1cc(C(C)C)c(-c2cccc(C=NC3CCCCCC3)n2)c(C(C)C)c1. The lowest BCUT2D eigenvalue weighted by atomic mass is 9.83. The van der Waals surface area contributed by atoms with Crippen LogP contribution in [0.25, 0.3) is 11.3 Å². The highest BCUT2D eigenvalue weighted by Crippen LogP contribution is 2.38. The molecular formula is C28H40N2. The van der Waals surface area contributed by atoms with E-state index >= 15 is 0 Å². The average molecular weight is 405 g/mol. The van der Waals surface area contributed by atoms with Crippen LogP contribution in [0.15, 0.2) is 35.3 Å². The number of aliphatic imine (C=N–C) groups is 1. The first-order chi connectivity index (χ1) is 14.4. The maximum atomic E-state index is 5.06. The number of aromatic nitrogens is 1. The largest absolute Gasteiger partial charge is 0.288 e. The molecule has 2 heteroatoms. The fraction of sp³-hybridized carbons (Fsp3) is 0.571. The Kier molecular flexibility index (Phi) is 7.86. The van der Waals surface area contributed by atoms with E-state index in [1.807, 2.05) is 6.21 Å². The lowest BCUT2D eigenvalue weighted by molar-refractivity contribution is 0.588. The summed E-state index contributed by atoms with van der Waals surface area (Å²) in [6.45, 7) is 13.8. The molecule has 1 aliphatic carbocycles. The van der Waals surface area contributed by atoms with E-state index in [2.05, 4.69) is 71.9 Å². The van der Waals surface area contributed by atoms with Crippen molar-refractivity contribution in [3.05, 3.63) is 52.7 Å². The Hall–Kier alpha value is -1.96. The molecule has 0 spiro atoms. The third-order valence-corrected chi connectivity index (χ3v) is 6.40. The fourth-order valence-corrected chi connectivity index (χ4v) is 4.50. The molecule has 0 unspecified atom stereocenters. The van der Waals surface area contributed by atoms with Gasteiger partial charge < -0.3 is 0 Å². The highest BCUT2D eigenvalue weighted by atomic mass is 14.8. The van der Waals surface area contributed by atoms with E-state index in [1.165, 1.54) is 60.8 Å². The zero-order chi connectivity index (χ0) is 21.7. The summed E-state index contributed by atoms with van der Waals surface area (Å²) in [5.41, 5.74) is 7.65. The summed E-state index contributed by atoms with van der Waals surface area (Å²) in [6, 6.07) is 11.7. The molecule has 0 aliphatic heterocycles. The number of hydrogen-bond donors (Lipinski definition) is 0. The fourth-order valence-electron chi connectivity index (χ4n) is 4.50. The predicted octanol–water partition coefficient (Wildman–Crippen LogP) is 8.26. The molecule has 2 aromatic rings. The lowest BCUT2D eigenvalue weighted by Crippen LogP contribution is -2.06. The average Bonchev–Trinajstić information content (AvgIpc) is 3.00. The second kappa shape index (κ2) is 10.4. The van der Waals surface area contributed by atoms with Gasteiger partial charge in [0.1, 0.15) is 0 Å². The molecule has 30 heavy (non-hydrogen) atoms. The topological polar surface area (TPSA) is 25.2 Å². The first-order valence-electron chi connectivity index (χ1n) is 12.0. The summed E-state index contributed by atoms with van der Waals surface area (Å²) in [4.78, 5) is 9.98. The molecule has 3 rings (SSSR count). The minimum atomic E-state index is 0.460. The van der Waals surface area contributed by atoms with E-state index in [1.54, 1.807) is 0 Å². The third-order valence-electron chi connectivity index (χ3n) is 6.40. The van der Waals surface area contributed by atoms with Gasteiger partial charge in [-0.25, -0.2) is 4.98 Å². The smallest absolute Gasteiger partial charge is 0.0815 e. The third kappa shape index (κ3) is 5.59. The molecule has 162 valence electrons. The Morgan fingerprint density at radius 2 is 1.43 bits per heavy atom. The van der Waals surface area contributed by atoms with Gasteiger partial charge in [-0.2, -0.15) is 0 Å². The Balaban J connectivity index is 2.01. The highest BCUT2D eigenvalue weighted by molar-refractivity contribution is 5.79. The first kappa shape index (κ1) is 22.7. The Labute approximate surface area is 184 Å². The van der Waals surface area contributed by atoms with E-state index in [-0.39, 0.29) is 0 Å². The molecule has 2 nitrogen and oxygen atoms in total. The number of hydrogen-bond acceptors (Lipinski definition) is 2. The van der Waals surface area contributed by atoms with Gasteiger partial charge in [-0.05, 0) is 59.4 Å². The standard InChI is InChI=1S/C28H40N2/c1-19(2)22-16-25(20(3)4)28(26(17-22)21(5)6)27-15-11-14-24(30-27)18-29-23-12-9-7-8-10-13-23/h11,14-21,23H,7-10,12-13H2,1-6H3. The molecule has 0 N–H and O–H groups in total. The van der Waals surface area contributed by atoms with Crippen LogP contribution in [0.5, 0.6) is 0 Å². The molecule has 0 atom stereocenters. The molecule has 0 saturated heterocycles. The van der Waals surface area contributed by atoms with Crippen LogP contribution in [0.1, 0.15) is 120 Å². The number of benzene rings is 1. The highest BCUT2D eigenvalue weighted by Gasteiger charge is 2.19. The summed E-state index contributed by atoms with van der Waals surface area (Å²) in [7, 11) is 0. The van der Waals surface area contributed by atoms with Crippen molar-refractivity contribution >= 4 is 6.21 Å². The van der Waals surface area contributed by atoms with E-state index < -0.39 is 0 Å². The first-order valence-corrected chi connectivity index (χ1v) is 12.0. The molecule has 1 heterocycles. The van der Waals surface area contributed by atoms with Gasteiger partial charge in [0.2, 0.25) is 0 Å². The molecule has 1 fully saturated rings. The molecule has 1 aromatic heterocycles. The van der Waals surface area contributed by atoms with Crippen LogP contribution < -0.4 is 0 Å². The second-order valence-corrected chi connectivity index (χ2v) is 9.91. The van der Waals surface area contributed by atoms with Gasteiger partial charge in [-0.1, -0.05) is 85.4 Å². The molecule has 1 aliphatic rings.